The molecule has 6 heteroatoms. The molecule has 0 saturated carbocycles. The second-order valence-corrected chi connectivity index (χ2v) is 7.42. The number of alkyl halides is 1. The number of aromatic nitrogens is 2. The molecule has 0 radical (unpaired) electrons. The second kappa shape index (κ2) is 7.25. The maximum atomic E-state index is 14.4. The molecule has 4 aromatic carbocycles. The minimum atomic E-state index is -1.98. The number of para-hydroxylation sites is 1. The smallest absolute Gasteiger partial charge is 0.148 e. The average molecular weight is 418 g/mol. The number of aliphatic hydroxyl groups is 1. The van der Waals surface area contributed by atoms with Crippen LogP contribution in [0.15, 0.2) is 85.1 Å². The number of nitrogens with zero attached hydrogens (tertiary/aromatic N) is 2. The van der Waals surface area contributed by atoms with Crippen LogP contribution >= 0.6 is 0 Å². The first-order chi connectivity index (χ1) is 15.0. The lowest BCUT2D eigenvalue weighted by molar-refractivity contribution is 0.0533. The summed E-state index contributed by atoms with van der Waals surface area (Å²) in [5.74, 6) is -0.864. The Hall–Kier alpha value is -3.64. The zero-order valence-electron chi connectivity index (χ0n) is 16.3. The van der Waals surface area contributed by atoms with Crippen LogP contribution in [0.25, 0.3) is 27.4 Å². The molecule has 1 heterocycles. The zero-order valence-corrected chi connectivity index (χ0v) is 16.3. The number of rotatable bonds is 4. The van der Waals surface area contributed by atoms with Crippen molar-refractivity contribution in [1.29, 1.82) is 0 Å². The van der Waals surface area contributed by atoms with E-state index in [1.807, 2.05) is 0 Å². The molecule has 5 rings (SSSR count). The molecular weight excluding hydrogens is 401 g/mol. The summed E-state index contributed by atoms with van der Waals surface area (Å²) in [6.45, 7) is -1.10. The van der Waals surface area contributed by atoms with E-state index >= 15 is 0 Å². The van der Waals surface area contributed by atoms with E-state index in [-0.39, 0.29) is 11.3 Å². The van der Waals surface area contributed by atoms with Gasteiger partial charge in [-0.1, -0.05) is 48.5 Å². The Balaban J connectivity index is 1.68. The maximum Gasteiger partial charge on any atom is 0.148 e. The molecule has 1 aromatic heterocycles. The van der Waals surface area contributed by atoms with Crippen LogP contribution in [-0.4, -0.2) is 21.6 Å². The summed E-state index contributed by atoms with van der Waals surface area (Å²) in [5, 5.41) is 17.0. The van der Waals surface area contributed by atoms with Crippen molar-refractivity contribution in [3.8, 4) is 5.69 Å². The Morgan fingerprint density at radius 2 is 1.58 bits per heavy atom. The van der Waals surface area contributed by atoms with Crippen molar-refractivity contribution >= 4 is 21.7 Å². The molecule has 0 bridgehead atoms. The highest BCUT2D eigenvalue weighted by Gasteiger charge is 2.34. The lowest BCUT2D eigenvalue weighted by atomic mass is 9.84. The van der Waals surface area contributed by atoms with Crippen LogP contribution in [0.1, 0.15) is 11.1 Å². The highest BCUT2D eigenvalue weighted by Crippen LogP contribution is 2.37. The van der Waals surface area contributed by atoms with Gasteiger partial charge < -0.3 is 5.11 Å². The van der Waals surface area contributed by atoms with E-state index in [1.165, 1.54) is 29.1 Å². The van der Waals surface area contributed by atoms with Gasteiger partial charge in [0.25, 0.3) is 0 Å². The van der Waals surface area contributed by atoms with Gasteiger partial charge in [0.1, 0.15) is 29.6 Å². The van der Waals surface area contributed by atoms with Gasteiger partial charge in [0.05, 0.1) is 11.7 Å². The van der Waals surface area contributed by atoms with Gasteiger partial charge in [-0.05, 0) is 46.8 Å². The van der Waals surface area contributed by atoms with Gasteiger partial charge >= 0.3 is 0 Å². The predicted molar refractivity (Wildman–Crippen MR) is 114 cm³/mol. The number of fused-ring (bicyclic) bond motifs is 2. The van der Waals surface area contributed by atoms with Crippen LogP contribution in [0.3, 0.4) is 0 Å². The van der Waals surface area contributed by atoms with Gasteiger partial charge in [-0.3, -0.25) is 0 Å². The van der Waals surface area contributed by atoms with E-state index in [9.17, 15) is 18.3 Å². The maximum absolute atomic E-state index is 14.4. The molecule has 0 fully saturated rings. The van der Waals surface area contributed by atoms with E-state index in [0.717, 1.165) is 0 Å². The molecule has 1 atom stereocenters. The van der Waals surface area contributed by atoms with Crippen LogP contribution < -0.4 is 0 Å². The molecule has 1 unspecified atom stereocenters. The molecule has 0 aliphatic heterocycles. The van der Waals surface area contributed by atoms with Crippen LogP contribution in [0.4, 0.5) is 13.2 Å². The van der Waals surface area contributed by atoms with Gasteiger partial charge in [0.15, 0.2) is 0 Å². The van der Waals surface area contributed by atoms with Gasteiger partial charge in [-0.15, -0.1) is 0 Å². The highest BCUT2D eigenvalue weighted by atomic mass is 19.1. The summed E-state index contributed by atoms with van der Waals surface area (Å²) in [7, 11) is 0. The molecule has 3 nitrogen and oxygen atoms in total. The first-order valence-corrected chi connectivity index (χ1v) is 9.72. The van der Waals surface area contributed by atoms with Gasteiger partial charge in [-0.2, -0.15) is 5.10 Å². The lowest BCUT2D eigenvalue weighted by Crippen LogP contribution is -2.30. The summed E-state index contributed by atoms with van der Waals surface area (Å²) in [6.07, 6.45) is 1.53. The Morgan fingerprint density at radius 1 is 0.839 bits per heavy atom. The summed E-state index contributed by atoms with van der Waals surface area (Å²) in [5.41, 5.74) is -0.517. The van der Waals surface area contributed by atoms with E-state index < -0.39 is 23.9 Å². The Kier molecular flexibility index (Phi) is 4.52. The molecule has 5 aromatic rings. The molecule has 1 N–H and O–H groups in total. The van der Waals surface area contributed by atoms with Crippen molar-refractivity contribution < 1.29 is 18.3 Å². The molecule has 0 aliphatic rings. The standard InChI is InChI=1S/C25H17F3N2O/c26-15-25(31,20-10-11-21(27)19-6-2-1-5-18(19)20)17-9-12-23-16(13-17)14-29-30(23)24-8-4-3-7-22(24)28/h1-14,31H,15H2. The zero-order chi connectivity index (χ0) is 21.6. The third kappa shape index (κ3) is 2.99. The van der Waals surface area contributed by atoms with Crippen molar-refractivity contribution in [3.05, 3.63) is 108 Å². The number of benzene rings is 4. The fourth-order valence-electron chi connectivity index (χ4n) is 4.03. The Bertz CT molecular complexity index is 1430. The van der Waals surface area contributed by atoms with Crippen LogP contribution in [0.2, 0.25) is 0 Å². The van der Waals surface area contributed by atoms with Crippen molar-refractivity contribution in [2.24, 2.45) is 0 Å². The molecular formula is C25H17F3N2O. The summed E-state index contributed by atoms with van der Waals surface area (Å²) >= 11 is 0. The SMILES string of the molecule is OC(CF)(c1ccc2c(cnn2-c2ccccc2F)c1)c1ccc(F)c2ccccc12. The van der Waals surface area contributed by atoms with Crippen LogP contribution in [0, 0.1) is 11.6 Å². The third-order valence-electron chi connectivity index (χ3n) is 5.64. The quantitative estimate of drug-likeness (QED) is 0.409. The number of hydrogen-bond donors (Lipinski definition) is 1. The summed E-state index contributed by atoms with van der Waals surface area (Å²) in [6, 6.07) is 20.4. The molecule has 0 amide bonds. The molecule has 154 valence electrons. The van der Waals surface area contributed by atoms with Crippen molar-refractivity contribution in [3.63, 3.8) is 0 Å². The van der Waals surface area contributed by atoms with Crippen molar-refractivity contribution in [1.82, 2.24) is 9.78 Å². The monoisotopic (exact) mass is 418 g/mol. The summed E-state index contributed by atoms with van der Waals surface area (Å²) < 4.78 is 44.3. The van der Waals surface area contributed by atoms with Crippen LogP contribution in [0.5, 0.6) is 0 Å². The largest absolute Gasteiger partial charge is 0.378 e. The molecule has 0 saturated heterocycles. The number of halogens is 3. The third-order valence-corrected chi connectivity index (χ3v) is 5.64. The summed E-state index contributed by atoms with van der Waals surface area (Å²) in [4.78, 5) is 0. The van der Waals surface area contributed by atoms with Crippen molar-refractivity contribution in [2.45, 2.75) is 5.60 Å². The Labute approximate surface area is 176 Å². The minimum absolute atomic E-state index is 0.271. The normalized spacial score (nSPS) is 13.5. The van der Waals surface area contributed by atoms with E-state index in [1.54, 1.807) is 60.7 Å². The topological polar surface area (TPSA) is 38.1 Å². The first-order valence-electron chi connectivity index (χ1n) is 9.72. The fraction of sp³-hybridized carbons (Fsp3) is 0.0800. The highest BCUT2D eigenvalue weighted by molar-refractivity contribution is 5.88. The van der Waals surface area contributed by atoms with Gasteiger partial charge in [0, 0.05) is 10.8 Å². The predicted octanol–water partition coefficient (Wildman–Crippen LogP) is 5.66. The van der Waals surface area contributed by atoms with Crippen LogP contribution in [-0.2, 0) is 5.60 Å². The van der Waals surface area contributed by atoms with E-state index in [4.69, 9.17) is 0 Å². The second-order valence-electron chi connectivity index (χ2n) is 7.42. The lowest BCUT2D eigenvalue weighted by Gasteiger charge is -2.28. The van der Waals surface area contributed by atoms with Gasteiger partial charge in [-0.25, -0.2) is 17.9 Å². The average Bonchev–Trinajstić information content (AvgIpc) is 3.22. The van der Waals surface area contributed by atoms with E-state index in [2.05, 4.69) is 5.10 Å². The van der Waals surface area contributed by atoms with Gasteiger partial charge in [0.2, 0.25) is 0 Å². The fourth-order valence-corrected chi connectivity index (χ4v) is 4.03. The minimum Gasteiger partial charge on any atom is -0.378 e. The molecule has 31 heavy (non-hydrogen) atoms. The molecule has 0 spiro atoms. The van der Waals surface area contributed by atoms with E-state index in [0.29, 0.717) is 27.2 Å². The van der Waals surface area contributed by atoms with Crippen molar-refractivity contribution in [2.75, 3.05) is 6.67 Å². The number of hydrogen-bond acceptors (Lipinski definition) is 2. The first kappa shape index (κ1) is 19.3. The Morgan fingerprint density at radius 3 is 2.35 bits per heavy atom. The molecule has 0 aliphatic carbocycles.